The van der Waals surface area contributed by atoms with Gasteiger partial charge in [-0.2, -0.15) is 0 Å². The summed E-state index contributed by atoms with van der Waals surface area (Å²) in [5, 5.41) is 0. The van der Waals surface area contributed by atoms with E-state index in [0.717, 1.165) is 22.6 Å². The number of fused-ring (bicyclic) bond motifs is 11. The molecule has 1 aliphatic heterocycles. The summed E-state index contributed by atoms with van der Waals surface area (Å²) in [6.45, 7) is 30.2. The highest BCUT2D eigenvalue weighted by atomic mass is 15.2. The first-order chi connectivity index (χ1) is 30.1. The van der Waals surface area contributed by atoms with Crippen LogP contribution in [0, 0.1) is 0 Å². The van der Waals surface area contributed by atoms with Gasteiger partial charge in [0, 0.05) is 5.69 Å². The molecule has 7 aromatic carbocycles. The zero-order valence-electron chi connectivity index (χ0n) is 38.5. The number of para-hydroxylation sites is 1. The highest BCUT2D eigenvalue weighted by molar-refractivity contribution is 5.97. The lowest BCUT2D eigenvalue weighted by molar-refractivity contribution is 0.584. The largest absolute Gasteiger partial charge is 0.310 e. The van der Waals surface area contributed by atoms with E-state index in [-0.39, 0.29) is 16.2 Å². The molecule has 0 radical (unpaired) electrons. The highest BCUT2D eigenvalue weighted by Gasteiger charge is 2.53. The fourth-order valence-corrected chi connectivity index (χ4v) is 11.2. The summed E-state index contributed by atoms with van der Waals surface area (Å²) in [4.78, 5) is 2.45. The molecule has 1 nitrogen and oxygen atoms in total. The van der Waals surface area contributed by atoms with E-state index >= 15 is 0 Å². The number of rotatable bonds is 5. The average molecular weight is 818 g/mol. The molecule has 1 heterocycles. The zero-order valence-corrected chi connectivity index (χ0v) is 38.5. The van der Waals surface area contributed by atoms with Crippen molar-refractivity contribution in [1.82, 2.24) is 0 Å². The van der Waals surface area contributed by atoms with Gasteiger partial charge in [-0.3, -0.25) is 0 Å². The molecule has 0 unspecified atom stereocenters. The number of nitrogens with zero attached hydrogens (tertiary/aromatic N) is 1. The Morgan fingerprint density at radius 3 is 1.21 bits per heavy atom. The molecule has 0 aromatic heterocycles. The van der Waals surface area contributed by atoms with Crippen LogP contribution >= 0.6 is 0 Å². The van der Waals surface area contributed by atoms with Gasteiger partial charge in [-0.25, -0.2) is 0 Å². The van der Waals surface area contributed by atoms with E-state index in [2.05, 4.69) is 244 Å². The summed E-state index contributed by atoms with van der Waals surface area (Å²) in [7, 11) is 0. The Morgan fingerprint density at radius 1 is 0.397 bits per heavy atom. The van der Waals surface area contributed by atoms with Crippen molar-refractivity contribution in [1.29, 1.82) is 0 Å². The molecular weight excluding hydrogens is 759 g/mol. The molecule has 63 heavy (non-hydrogen) atoms. The molecule has 3 aliphatic rings. The minimum atomic E-state index is -0.630. The molecule has 0 bridgehead atoms. The second kappa shape index (κ2) is 14.0. The van der Waals surface area contributed by atoms with E-state index < -0.39 is 10.8 Å². The standard InChI is InChI=1S/C62H59N/c1-12-50-56(13-2)63(57-27-21-20-26-51(57)61(50,40-22-16-14-17-23-40)41-24-18-15-19-25-41)45-31-35-49-48-34-30-44(60(9,10)11)38-54(48)62(55(49)39-45)52-36-42(58(3,4)5)28-32-46(52)47-33-29-43(37-53(47)62)59(6,7)8/h12-39H,1-2H2,3-11H3. The monoisotopic (exact) mass is 817 g/mol. The van der Waals surface area contributed by atoms with Crippen LogP contribution in [0.1, 0.15) is 118 Å². The number of hydrogen-bond donors (Lipinski definition) is 0. The number of benzene rings is 7. The molecule has 1 spiro atoms. The van der Waals surface area contributed by atoms with Gasteiger partial charge >= 0.3 is 0 Å². The summed E-state index contributed by atoms with van der Waals surface area (Å²) in [6.07, 6.45) is 4.12. The Morgan fingerprint density at radius 2 is 0.794 bits per heavy atom. The van der Waals surface area contributed by atoms with E-state index in [1.165, 1.54) is 77.9 Å². The Hall–Kier alpha value is -6.44. The maximum Gasteiger partial charge on any atom is 0.0742 e. The van der Waals surface area contributed by atoms with Crippen LogP contribution in [0.25, 0.3) is 22.3 Å². The van der Waals surface area contributed by atoms with Crippen molar-refractivity contribution in [3.63, 3.8) is 0 Å². The smallest absolute Gasteiger partial charge is 0.0742 e. The first-order valence-corrected chi connectivity index (χ1v) is 22.7. The molecule has 0 fully saturated rings. The summed E-state index contributed by atoms with van der Waals surface area (Å²) < 4.78 is 0. The minimum Gasteiger partial charge on any atom is -0.310 e. The predicted octanol–water partition coefficient (Wildman–Crippen LogP) is 16.0. The number of allylic oxidation sites excluding steroid dienone is 3. The van der Waals surface area contributed by atoms with Crippen molar-refractivity contribution in [2.45, 2.75) is 89.4 Å². The molecule has 0 atom stereocenters. The number of hydrogen-bond acceptors (Lipinski definition) is 1. The second-order valence-corrected chi connectivity index (χ2v) is 21.1. The lowest BCUT2D eigenvalue weighted by Crippen LogP contribution is -2.39. The van der Waals surface area contributed by atoms with Gasteiger partial charge in [-0.15, -0.1) is 0 Å². The van der Waals surface area contributed by atoms with Crippen LogP contribution in [-0.4, -0.2) is 0 Å². The Labute approximate surface area is 376 Å². The van der Waals surface area contributed by atoms with Crippen LogP contribution in [0.5, 0.6) is 0 Å². The van der Waals surface area contributed by atoms with E-state index in [9.17, 15) is 0 Å². The summed E-state index contributed by atoms with van der Waals surface area (Å²) in [6, 6.07) is 60.1. The quantitative estimate of drug-likeness (QED) is 0.167. The fraction of sp³-hybridized carbons (Fsp3) is 0.226. The van der Waals surface area contributed by atoms with Gasteiger partial charge in [-0.1, -0.05) is 221 Å². The van der Waals surface area contributed by atoms with Crippen LogP contribution in [-0.2, 0) is 27.1 Å². The Balaban J connectivity index is 1.33. The molecule has 0 saturated carbocycles. The van der Waals surface area contributed by atoms with Gasteiger partial charge in [0.25, 0.3) is 0 Å². The number of anilines is 2. The normalized spacial score (nSPS) is 15.7. The Bertz CT molecular complexity index is 2880. The van der Waals surface area contributed by atoms with Crippen molar-refractivity contribution in [2.24, 2.45) is 0 Å². The topological polar surface area (TPSA) is 3.24 Å². The maximum absolute atomic E-state index is 4.57. The van der Waals surface area contributed by atoms with Crippen molar-refractivity contribution in [3.05, 3.63) is 250 Å². The van der Waals surface area contributed by atoms with Crippen LogP contribution in [0.4, 0.5) is 11.4 Å². The molecular formula is C62H59N. The SMILES string of the molecule is C=CC1=C(C=C)C(c2ccccc2)(c2ccccc2)c2ccccc2N1c1ccc2c(c1)C1(c3cc(C(C)(C)C)ccc3-2)c2cc(C(C)(C)C)ccc2-c2ccc(C(C)(C)C)cc21. The van der Waals surface area contributed by atoms with E-state index in [1.807, 2.05) is 6.08 Å². The van der Waals surface area contributed by atoms with E-state index in [1.54, 1.807) is 0 Å². The van der Waals surface area contributed by atoms with Crippen LogP contribution < -0.4 is 4.90 Å². The second-order valence-electron chi connectivity index (χ2n) is 21.1. The van der Waals surface area contributed by atoms with E-state index in [0.29, 0.717) is 0 Å². The lowest BCUT2D eigenvalue weighted by Gasteiger charge is -2.47. The lowest BCUT2D eigenvalue weighted by atomic mass is 9.62. The molecule has 312 valence electrons. The molecule has 0 amide bonds. The highest BCUT2D eigenvalue weighted by Crippen LogP contribution is 2.65. The molecule has 0 N–H and O–H groups in total. The van der Waals surface area contributed by atoms with Gasteiger partial charge in [0.1, 0.15) is 0 Å². The molecule has 7 aromatic rings. The van der Waals surface area contributed by atoms with Gasteiger partial charge in [0.15, 0.2) is 0 Å². The van der Waals surface area contributed by atoms with Gasteiger partial charge in [-0.05, 0) is 124 Å². The summed E-state index contributed by atoms with van der Waals surface area (Å²) >= 11 is 0. The predicted molar refractivity (Wildman–Crippen MR) is 268 cm³/mol. The average Bonchev–Trinajstić information content (AvgIpc) is 3.73. The van der Waals surface area contributed by atoms with Crippen molar-refractivity contribution >= 4 is 11.4 Å². The summed E-state index contributed by atoms with van der Waals surface area (Å²) in [5.41, 5.74) is 21.4. The molecule has 0 saturated heterocycles. The fourth-order valence-electron chi connectivity index (χ4n) is 11.2. The van der Waals surface area contributed by atoms with Crippen LogP contribution in [0.2, 0.25) is 0 Å². The van der Waals surface area contributed by atoms with E-state index in [4.69, 9.17) is 0 Å². The maximum atomic E-state index is 4.57. The first kappa shape index (κ1) is 40.6. The van der Waals surface area contributed by atoms with Gasteiger partial charge in [0.2, 0.25) is 0 Å². The molecule has 10 rings (SSSR count). The third-order valence-electron chi connectivity index (χ3n) is 14.4. The Kier molecular flexibility index (Phi) is 9.05. The van der Waals surface area contributed by atoms with Crippen LogP contribution in [0.15, 0.2) is 194 Å². The van der Waals surface area contributed by atoms with Crippen molar-refractivity contribution in [2.75, 3.05) is 4.90 Å². The van der Waals surface area contributed by atoms with Gasteiger partial charge in [0.05, 0.1) is 22.2 Å². The third kappa shape index (κ3) is 5.75. The van der Waals surface area contributed by atoms with Crippen LogP contribution in [0.3, 0.4) is 0 Å². The van der Waals surface area contributed by atoms with Crippen molar-refractivity contribution < 1.29 is 0 Å². The zero-order chi connectivity index (χ0) is 44.3. The molecule has 2 aliphatic carbocycles. The third-order valence-corrected chi connectivity index (χ3v) is 14.4. The van der Waals surface area contributed by atoms with Crippen molar-refractivity contribution in [3.8, 4) is 22.3 Å². The first-order valence-electron chi connectivity index (χ1n) is 22.7. The minimum absolute atomic E-state index is 0.0345. The summed E-state index contributed by atoms with van der Waals surface area (Å²) in [5.74, 6) is 0. The van der Waals surface area contributed by atoms with Gasteiger partial charge < -0.3 is 4.90 Å². The molecule has 1 heteroatoms.